The molecule has 0 radical (unpaired) electrons. The van der Waals surface area contributed by atoms with Gasteiger partial charge in [0, 0.05) is 42.1 Å². The zero-order valence-corrected chi connectivity index (χ0v) is 19.4. The van der Waals surface area contributed by atoms with Crippen molar-refractivity contribution in [3.8, 4) is 0 Å². The summed E-state index contributed by atoms with van der Waals surface area (Å²) in [6.45, 7) is 3.75. The molecular weight excluding hydrogens is 416 g/mol. The lowest BCUT2D eigenvalue weighted by Crippen LogP contribution is -2.35. The summed E-state index contributed by atoms with van der Waals surface area (Å²) in [5.74, 6) is -0.207. The zero-order chi connectivity index (χ0) is 23.5. The van der Waals surface area contributed by atoms with Gasteiger partial charge in [0.1, 0.15) is 0 Å². The van der Waals surface area contributed by atoms with E-state index in [0.29, 0.717) is 23.4 Å². The fourth-order valence-corrected chi connectivity index (χ4v) is 3.86. The van der Waals surface area contributed by atoms with Gasteiger partial charge >= 0.3 is 0 Å². The number of carbonyl (C=O) groups is 3. The number of amides is 3. The van der Waals surface area contributed by atoms with Crippen LogP contribution in [-0.4, -0.2) is 42.3 Å². The van der Waals surface area contributed by atoms with Crippen molar-refractivity contribution in [3.05, 3.63) is 54.1 Å². The highest BCUT2D eigenvalue weighted by molar-refractivity contribution is 5.98. The maximum absolute atomic E-state index is 12.7. The summed E-state index contributed by atoms with van der Waals surface area (Å²) in [5, 5.41) is 8.82. The highest BCUT2D eigenvalue weighted by Crippen LogP contribution is 2.18. The molecule has 7 heteroatoms. The van der Waals surface area contributed by atoms with Gasteiger partial charge in [0.05, 0.1) is 6.54 Å². The Morgan fingerprint density at radius 1 is 0.818 bits per heavy atom. The SMILES string of the molecule is CCCCCC(=O)Nc1cccc(NCC(=O)Nc2cccc(C(=O)N3CCCCC3)c2)c1. The normalized spacial score (nSPS) is 13.3. The van der Waals surface area contributed by atoms with Gasteiger partial charge in [-0.2, -0.15) is 0 Å². The molecule has 2 aromatic carbocycles. The zero-order valence-electron chi connectivity index (χ0n) is 19.4. The van der Waals surface area contributed by atoms with Crippen molar-refractivity contribution in [2.24, 2.45) is 0 Å². The van der Waals surface area contributed by atoms with Crippen molar-refractivity contribution in [1.29, 1.82) is 0 Å². The van der Waals surface area contributed by atoms with E-state index in [9.17, 15) is 14.4 Å². The van der Waals surface area contributed by atoms with Crippen LogP contribution >= 0.6 is 0 Å². The monoisotopic (exact) mass is 450 g/mol. The van der Waals surface area contributed by atoms with E-state index in [1.807, 2.05) is 29.2 Å². The van der Waals surface area contributed by atoms with Crippen molar-refractivity contribution in [2.75, 3.05) is 35.6 Å². The number of hydrogen-bond acceptors (Lipinski definition) is 4. The van der Waals surface area contributed by atoms with Crippen LogP contribution in [0.25, 0.3) is 0 Å². The maximum atomic E-state index is 12.7. The first-order valence-electron chi connectivity index (χ1n) is 11.9. The highest BCUT2D eigenvalue weighted by Gasteiger charge is 2.18. The number of unbranched alkanes of at least 4 members (excludes halogenated alkanes) is 2. The lowest BCUT2D eigenvalue weighted by molar-refractivity contribution is -0.116. The molecule has 3 rings (SSSR count). The smallest absolute Gasteiger partial charge is 0.253 e. The third-order valence-electron chi connectivity index (χ3n) is 5.64. The van der Waals surface area contributed by atoms with Gasteiger partial charge < -0.3 is 20.9 Å². The van der Waals surface area contributed by atoms with Gasteiger partial charge in [-0.25, -0.2) is 0 Å². The average molecular weight is 451 g/mol. The van der Waals surface area contributed by atoms with Crippen molar-refractivity contribution in [1.82, 2.24) is 4.90 Å². The van der Waals surface area contributed by atoms with Gasteiger partial charge in [-0.3, -0.25) is 14.4 Å². The van der Waals surface area contributed by atoms with Gasteiger partial charge in [-0.15, -0.1) is 0 Å². The summed E-state index contributed by atoms with van der Waals surface area (Å²) < 4.78 is 0. The third-order valence-corrected chi connectivity index (χ3v) is 5.64. The van der Waals surface area contributed by atoms with E-state index < -0.39 is 0 Å². The second-order valence-corrected chi connectivity index (χ2v) is 8.42. The van der Waals surface area contributed by atoms with Crippen LogP contribution < -0.4 is 16.0 Å². The molecule has 0 unspecified atom stereocenters. The number of hydrogen-bond donors (Lipinski definition) is 3. The molecule has 0 saturated carbocycles. The summed E-state index contributed by atoms with van der Waals surface area (Å²) in [4.78, 5) is 39.0. The Kier molecular flexibility index (Phi) is 9.30. The van der Waals surface area contributed by atoms with E-state index in [4.69, 9.17) is 0 Å². The predicted octanol–water partition coefficient (Wildman–Crippen LogP) is 4.88. The fraction of sp³-hybridized carbons (Fsp3) is 0.423. The largest absolute Gasteiger partial charge is 0.376 e. The number of nitrogens with zero attached hydrogens (tertiary/aromatic N) is 1. The molecule has 1 aliphatic heterocycles. The van der Waals surface area contributed by atoms with E-state index in [1.54, 1.807) is 24.3 Å². The van der Waals surface area contributed by atoms with Gasteiger partial charge in [0.15, 0.2) is 0 Å². The molecule has 3 amide bonds. The van der Waals surface area contributed by atoms with Crippen molar-refractivity contribution in [2.45, 2.75) is 51.9 Å². The lowest BCUT2D eigenvalue weighted by Gasteiger charge is -2.26. The molecule has 0 atom stereocenters. The molecule has 0 spiro atoms. The van der Waals surface area contributed by atoms with Gasteiger partial charge in [-0.1, -0.05) is 31.9 Å². The van der Waals surface area contributed by atoms with Gasteiger partial charge in [-0.05, 0) is 62.1 Å². The van der Waals surface area contributed by atoms with Crippen LogP contribution in [-0.2, 0) is 9.59 Å². The van der Waals surface area contributed by atoms with Crippen LogP contribution in [0.4, 0.5) is 17.1 Å². The fourth-order valence-electron chi connectivity index (χ4n) is 3.86. The molecule has 1 heterocycles. The predicted molar refractivity (Wildman–Crippen MR) is 133 cm³/mol. The molecule has 3 N–H and O–H groups in total. The topological polar surface area (TPSA) is 90.5 Å². The van der Waals surface area contributed by atoms with E-state index in [0.717, 1.165) is 50.9 Å². The number of rotatable bonds is 10. The second-order valence-electron chi connectivity index (χ2n) is 8.42. The third kappa shape index (κ3) is 7.93. The van der Waals surface area contributed by atoms with E-state index >= 15 is 0 Å². The summed E-state index contributed by atoms with van der Waals surface area (Å²) in [6, 6.07) is 14.4. The summed E-state index contributed by atoms with van der Waals surface area (Å²) in [5.41, 5.74) is 2.62. The van der Waals surface area contributed by atoms with Crippen LogP contribution in [0.5, 0.6) is 0 Å². The molecule has 1 saturated heterocycles. The number of anilines is 3. The number of nitrogens with one attached hydrogen (secondary N) is 3. The van der Waals surface area contributed by atoms with E-state index in [-0.39, 0.29) is 24.3 Å². The Morgan fingerprint density at radius 2 is 1.48 bits per heavy atom. The number of benzene rings is 2. The Balaban J connectivity index is 1.49. The summed E-state index contributed by atoms with van der Waals surface area (Å²) >= 11 is 0. The average Bonchev–Trinajstić information content (AvgIpc) is 2.83. The number of likely N-dealkylation sites (tertiary alicyclic amines) is 1. The molecule has 0 aliphatic carbocycles. The minimum atomic E-state index is -0.216. The summed E-state index contributed by atoms with van der Waals surface area (Å²) in [6.07, 6.45) is 6.75. The molecule has 7 nitrogen and oxygen atoms in total. The Hall–Kier alpha value is -3.35. The molecule has 0 aromatic heterocycles. The highest BCUT2D eigenvalue weighted by atomic mass is 16.2. The van der Waals surface area contributed by atoms with Crippen molar-refractivity contribution >= 4 is 34.8 Å². The standard InChI is InChI=1S/C26H34N4O3/c1-2-3-5-14-24(31)28-23-13-9-11-21(18-23)27-19-25(32)29-22-12-8-10-20(17-22)26(33)30-15-6-4-7-16-30/h8-13,17-18,27H,2-7,14-16,19H2,1H3,(H,28,31)(H,29,32). The van der Waals surface area contributed by atoms with Crippen LogP contribution in [0, 0.1) is 0 Å². The minimum Gasteiger partial charge on any atom is -0.376 e. The van der Waals surface area contributed by atoms with Crippen molar-refractivity contribution in [3.63, 3.8) is 0 Å². The van der Waals surface area contributed by atoms with Crippen LogP contribution in [0.3, 0.4) is 0 Å². The molecule has 0 bridgehead atoms. The Morgan fingerprint density at radius 3 is 2.24 bits per heavy atom. The van der Waals surface area contributed by atoms with Gasteiger partial charge in [0.2, 0.25) is 11.8 Å². The molecule has 1 fully saturated rings. The second kappa shape index (κ2) is 12.6. The first-order valence-corrected chi connectivity index (χ1v) is 11.9. The quantitative estimate of drug-likeness (QED) is 0.450. The molecule has 2 aromatic rings. The van der Waals surface area contributed by atoms with Crippen LogP contribution in [0.15, 0.2) is 48.5 Å². The molecule has 33 heavy (non-hydrogen) atoms. The lowest BCUT2D eigenvalue weighted by atomic mass is 10.1. The molecule has 176 valence electrons. The van der Waals surface area contributed by atoms with E-state index in [2.05, 4.69) is 22.9 Å². The first kappa shape index (κ1) is 24.3. The van der Waals surface area contributed by atoms with Gasteiger partial charge in [0.25, 0.3) is 5.91 Å². The molecule has 1 aliphatic rings. The van der Waals surface area contributed by atoms with Crippen LogP contribution in [0.2, 0.25) is 0 Å². The maximum Gasteiger partial charge on any atom is 0.253 e. The first-order chi connectivity index (χ1) is 16.0. The minimum absolute atomic E-state index is 0.00248. The molecular formula is C26H34N4O3. The number of carbonyl (C=O) groups excluding carboxylic acids is 3. The van der Waals surface area contributed by atoms with Crippen molar-refractivity contribution < 1.29 is 14.4 Å². The Bertz CT molecular complexity index is 954. The number of piperidine rings is 1. The van der Waals surface area contributed by atoms with E-state index in [1.165, 1.54) is 6.42 Å². The summed E-state index contributed by atoms with van der Waals surface area (Å²) in [7, 11) is 0. The van der Waals surface area contributed by atoms with Crippen LogP contribution in [0.1, 0.15) is 62.2 Å². The Labute approximate surface area is 195 Å².